The normalized spacial score (nSPS) is 10.9. The molecule has 0 spiro atoms. The van der Waals surface area contributed by atoms with Crippen molar-refractivity contribution in [2.75, 3.05) is 12.4 Å². The van der Waals surface area contributed by atoms with E-state index >= 15 is 0 Å². The molecule has 1 aromatic rings. The second-order valence-corrected chi connectivity index (χ2v) is 2.85. The standard InChI is InChI=1S/C8H11NO2/c1-4(2)5-6(9-3)8(11)7(5)10/h4,9H,1-3H3. The second kappa shape index (κ2) is 2.49. The molecule has 60 valence electrons. The maximum Gasteiger partial charge on any atom is 0.249 e. The van der Waals surface area contributed by atoms with Crippen LogP contribution in [0.5, 0.6) is 0 Å². The monoisotopic (exact) mass is 153 g/mol. The lowest BCUT2D eigenvalue weighted by Gasteiger charge is -2.12. The summed E-state index contributed by atoms with van der Waals surface area (Å²) in [6.45, 7) is 3.80. The Morgan fingerprint density at radius 1 is 1.18 bits per heavy atom. The van der Waals surface area contributed by atoms with E-state index in [-0.39, 0.29) is 16.8 Å². The van der Waals surface area contributed by atoms with Crippen LogP contribution in [0.3, 0.4) is 0 Å². The Morgan fingerprint density at radius 3 is 2.00 bits per heavy atom. The molecule has 1 rings (SSSR count). The number of anilines is 1. The third-order valence-electron chi connectivity index (χ3n) is 1.77. The summed E-state index contributed by atoms with van der Waals surface area (Å²) < 4.78 is 0. The van der Waals surface area contributed by atoms with E-state index in [4.69, 9.17) is 0 Å². The predicted octanol–water partition coefficient (Wildman–Crippen LogP) is 0.448. The summed E-state index contributed by atoms with van der Waals surface area (Å²) in [4.78, 5) is 21.8. The molecule has 0 aliphatic heterocycles. The van der Waals surface area contributed by atoms with Crippen molar-refractivity contribution in [3.63, 3.8) is 0 Å². The molecule has 1 aromatic carbocycles. The van der Waals surface area contributed by atoms with Gasteiger partial charge in [0.1, 0.15) is 0 Å². The zero-order valence-corrected chi connectivity index (χ0v) is 6.89. The van der Waals surface area contributed by atoms with Gasteiger partial charge in [0.2, 0.25) is 10.9 Å². The summed E-state index contributed by atoms with van der Waals surface area (Å²) in [7, 11) is 1.65. The van der Waals surface area contributed by atoms with E-state index in [1.165, 1.54) is 0 Å². The van der Waals surface area contributed by atoms with Crippen molar-refractivity contribution in [1.29, 1.82) is 0 Å². The highest BCUT2D eigenvalue weighted by Crippen LogP contribution is 2.17. The first kappa shape index (κ1) is 7.98. The molecule has 0 saturated heterocycles. The topological polar surface area (TPSA) is 46.2 Å². The number of hydrogen-bond donors (Lipinski definition) is 1. The lowest BCUT2D eigenvalue weighted by Crippen LogP contribution is -2.38. The molecule has 0 aliphatic rings. The fraction of sp³-hybridized carbons (Fsp3) is 0.500. The van der Waals surface area contributed by atoms with E-state index in [1.807, 2.05) is 13.8 Å². The van der Waals surface area contributed by atoms with Gasteiger partial charge in [-0.1, -0.05) is 13.8 Å². The minimum Gasteiger partial charge on any atom is -0.384 e. The van der Waals surface area contributed by atoms with Crippen LogP contribution in [0.4, 0.5) is 5.69 Å². The quantitative estimate of drug-likeness (QED) is 0.627. The molecular weight excluding hydrogens is 142 g/mol. The van der Waals surface area contributed by atoms with Crippen molar-refractivity contribution >= 4 is 5.69 Å². The van der Waals surface area contributed by atoms with Gasteiger partial charge in [0, 0.05) is 12.6 Å². The molecule has 0 bridgehead atoms. The van der Waals surface area contributed by atoms with E-state index < -0.39 is 0 Å². The van der Waals surface area contributed by atoms with Crippen LogP contribution in [0.15, 0.2) is 9.59 Å². The predicted molar refractivity (Wildman–Crippen MR) is 45.0 cm³/mol. The fourth-order valence-corrected chi connectivity index (χ4v) is 1.21. The number of nitrogens with one attached hydrogen (secondary N) is 1. The molecule has 0 heterocycles. The van der Waals surface area contributed by atoms with E-state index in [1.54, 1.807) is 7.05 Å². The van der Waals surface area contributed by atoms with Gasteiger partial charge in [-0.15, -0.1) is 0 Å². The molecule has 3 heteroatoms. The van der Waals surface area contributed by atoms with Crippen LogP contribution in [0.1, 0.15) is 25.3 Å². The van der Waals surface area contributed by atoms with Gasteiger partial charge >= 0.3 is 0 Å². The van der Waals surface area contributed by atoms with Crippen LogP contribution >= 0.6 is 0 Å². The fourth-order valence-electron chi connectivity index (χ4n) is 1.21. The van der Waals surface area contributed by atoms with Crippen LogP contribution in [-0.2, 0) is 0 Å². The zero-order valence-electron chi connectivity index (χ0n) is 6.89. The number of rotatable bonds is 2. The van der Waals surface area contributed by atoms with E-state index in [0.29, 0.717) is 11.3 Å². The molecule has 0 aliphatic carbocycles. The van der Waals surface area contributed by atoms with Gasteiger partial charge in [0.05, 0.1) is 5.69 Å². The van der Waals surface area contributed by atoms with Crippen molar-refractivity contribution in [1.82, 2.24) is 0 Å². The van der Waals surface area contributed by atoms with Crippen molar-refractivity contribution < 1.29 is 0 Å². The van der Waals surface area contributed by atoms with Gasteiger partial charge in [-0.2, -0.15) is 0 Å². The summed E-state index contributed by atoms with van der Waals surface area (Å²) in [6.07, 6.45) is 0. The molecule has 0 unspecified atom stereocenters. The molecule has 0 saturated carbocycles. The summed E-state index contributed by atoms with van der Waals surface area (Å²) in [6, 6.07) is 0. The van der Waals surface area contributed by atoms with E-state index in [2.05, 4.69) is 5.32 Å². The molecule has 0 atom stereocenters. The Hall–Kier alpha value is -1.12. The zero-order chi connectivity index (χ0) is 8.59. The van der Waals surface area contributed by atoms with Gasteiger partial charge in [0.15, 0.2) is 0 Å². The first-order valence-electron chi connectivity index (χ1n) is 3.60. The van der Waals surface area contributed by atoms with Crippen molar-refractivity contribution in [3.8, 4) is 0 Å². The first-order chi connectivity index (χ1) is 5.09. The van der Waals surface area contributed by atoms with Crippen molar-refractivity contribution in [2.45, 2.75) is 19.8 Å². The Bertz CT molecular complexity index is 332. The Balaban J connectivity index is 3.19. The van der Waals surface area contributed by atoms with Crippen LogP contribution in [0.2, 0.25) is 0 Å². The van der Waals surface area contributed by atoms with Gasteiger partial charge in [-0.25, -0.2) is 0 Å². The highest BCUT2D eigenvalue weighted by molar-refractivity contribution is 5.57. The highest BCUT2D eigenvalue weighted by atomic mass is 16.2. The van der Waals surface area contributed by atoms with Gasteiger partial charge < -0.3 is 5.32 Å². The maximum absolute atomic E-state index is 10.9. The smallest absolute Gasteiger partial charge is 0.249 e. The molecule has 1 N–H and O–H groups in total. The third kappa shape index (κ3) is 0.964. The summed E-state index contributed by atoms with van der Waals surface area (Å²) >= 11 is 0. The number of hydrogen-bond acceptors (Lipinski definition) is 3. The van der Waals surface area contributed by atoms with Crippen LogP contribution in [-0.4, -0.2) is 7.05 Å². The van der Waals surface area contributed by atoms with Gasteiger partial charge in [-0.05, 0) is 5.92 Å². The molecule has 0 amide bonds. The summed E-state index contributed by atoms with van der Waals surface area (Å²) in [5.74, 6) is 0.141. The minimum absolute atomic E-state index is 0.141. The first-order valence-corrected chi connectivity index (χ1v) is 3.60. The molecule has 0 radical (unpaired) electrons. The maximum atomic E-state index is 10.9. The van der Waals surface area contributed by atoms with Crippen molar-refractivity contribution in [3.05, 3.63) is 26.0 Å². The summed E-state index contributed by atoms with van der Waals surface area (Å²) in [5, 5.41) is 2.72. The molecule has 3 nitrogen and oxygen atoms in total. The lowest BCUT2D eigenvalue weighted by atomic mass is 9.96. The SMILES string of the molecule is CNc1c(C(C)C)c(=O)c1=O. The molecule has 0 aromatic heterocycles. The van der Waals surface area contributed by atoms with Crippen LogP contribution in [0, 0.1) is 0 Å². The third-order valence-corrected chi connectivity index (χ3v) is 1.77. The molecule has 0 fully saturated rings. The van der Waals surface area contributed by atoms with E-state index in [0.717, 1.165) is 0 Å². The second-order valence-electron chi connectivity index (χ2n) is 2.85. The van der Waals surface area contributed by atoms with Gasteiger partial charge in [-0.3, -0.25) is 9.59 Å². The minimum atomic E-state index is -0.379. The largest absolute Gasteiger partial charge is 0.384 e. The average Bonchev–Trinajstić information content (AvgIpc) is 1.96. The molecule has 11 heavy (non-hydrogen) atoms. The summed E-state index contributed by atoms with van der Waals surface area (Å²) in [5.41, 5.74) is 0.419. The Morgan fingerprint density at radius 2 is 1.73 bits per heavy atom. The molecular formula is C8H11NO2. The Kier molecular flexibility index (Phi) is 1.81. The Labute approximate surface area is 64.7 Å². The van der Waals surface area contributed by atoms with Crippen LogP contribution in [0.25, 0.3) is 0 Å². The van der Waals surface area contributed by atoms with Crippen LogP contribution < -0.4 is 16.2 Å². The van der Waals surface area contributed by atoms with Gasteiger partial charge in [0.25, 0.3) is 0 Å². The highest BCUT2D eigenvalue weighted by Gasteiger charge is 2.21. The van der Waals surface area contributed by atoms with E-state index in [9.17, 15) is 9.59 Å². The van der Waals surface area contributed by atoms with Crippen molar-refractivity contribution in [2.24, 2.45) is 0 Å². The average molecular weight is 153 g/mol. The lowest BCUT2D eigenvalue weighted by molar-refractivity contribution is 0.843.